The first-order valence-electron chi connectivity index (χ1n) is 6.81. The number of carboxylic acid groups (broad SMARTS) is 1. The Kier molecular flexibility index (Phi) is 4.79. The van der Waals surface area contributed by atoms with Crippen LogP contribution in [0.15, 0.2) is 0 Å². The molecule has 8 heteroatoms. The van der Waals surface area contributed by atoms with Gasteiger partial charge in [0, 0.05) is 26.2 Å². The SMILES string of the molecule is O=C(O)CN1CCCN(C(=O)N2CC(O)C(O)C2)CC1. The molecule has 8 nitrogen and oxygen atoms in total. The molecule has 2 saturated heterocycles. The van der Waals surface area contributed by atoms with Crippen molar-refractivity contribution in [3.8, 4) is 0 Å². The molecule has 2 amide bonds. The number of urea groups is 1. The van der Waals surface area contributed by atoms with Gasteiger partial charge in [0.2, 0.25) is 0 Å². The van der Waals surface area contributed by atoms with Gasteiger partial charge in [0.1, 0.15) is 0 Å². The van der Waals surface area contributed by atoms with E-state index < -0.39 is 18.2 Å². The van der Waals surface area contributed by atoms with Crippen molar-refractivity contribution in [2.24, 2.45) is 0 Å². The number of amides is 2. The second-order valence-corrected chi connectivity index (χ2v) is 5.33. The Morgan fingerprint density at radius 3 is 2.20 bits per heavy atom. The molecule has 2 rings (SSSR count). The second-order valence-electron chi connectivity index (χ2n) is 5.33. The van der Waals surface area contributed by atoms with E-state index in [-0.39, 0.29) is 25.7 Å². The van der Waals surface area contributed by atoms with Crippen molar-refractivity contribution in [1.29, 1.82) is 0 Å². The maximum atomic E-state index is 12.3. The number of carboxylic acids is 1. The van der Waals surface area contributed by atoms with Crippen molar-refractivity contribution in [2.75, 3.05) is 45.8 Å². The van der Waals surface area contributed by atoms with Crippen LogP contribution in [-0.2, 0) is 4.79 Å². The summed E-state index contributed by atoms with van der Waals surface area (Å²) < 4.78 is 0. The van der Waals surface area contributed by atoms with E-state index in [1.54, 1.807) is 4.90 Å². The van der Waals surface area contributed by atoms with Crippen molar-refractivity contribution in [2.45, 2.75) is 18.6 Å². The summed E-state index contributed by atoms with van der Waals surface area (Å²) in [5.74, 6) is -0.865. The van der Waals surface area contributed by atoms with Crippen LogP contribution in [0.4, 0.5) is 4.79 Å². The quantitative estimate of drug-likeness (QED) is 0.555. The van der Waals surface area contributed by atoms with E-state index in [1.165, 1.54) is 4.90 Å². The van der Waals surface area contributed by atoms with Gasteiger partial charge in [0.05, 0.1) is 31.8 Å². The van der Waals surface area contributed by atoms with Gasteiger partial charge in [-0.25, -0.2) is 4.79 Å². The number of β-amino-alcohol motifs (C(OH)–C–C–N with tert-alkyl or cyclic N) is 2. The molecule has 0 aromatic carbocycles. The van der Waals surface area contributed by atoms with E-state index in [2.05, 4.69) is 0 Å². The average Bonchev–Trinajstić information content (AvgIpc) is 2.60. The summed E-state index contributed by atoms with van der Waals surface area (Å²) in [6.45, 7) is 2.50. The van der Waals surface area contributed by atoms with Crippen LogP contribution in [0.2, 0.25) is 0 Å². The Morgan fingerprint density at radius 1 is 0.950 bits per heavy atom. The number of aliphatic hydroxyl groups excluding tert-OH is 2. The first-order valence-corrected chi connectivity index (χ1v) is 6.81. The lowest BCUT2D eigenvalue weighted by atomic mass is 10.3. The molecule has 2 aliphatic rings. The zero-order chi connectivity index (χ0) is 14.7. The number of aliphatic carboxylic acids is 1. The summed E-state index contributed by atoms with van der Waals surface area (Å²) in [5, 5.41) is 27.7. The minimum absolute atomic E-state index is 0.0107. The third-order valence-electron chi connectivity index (χ3n) is 3.75. The Hall–Kier alpha value is -1.38. The minimum Gasteiger partial charge on any atom is -0.480 e. The summed E-state index contributed by atoms with van der Waals surface area (Å²) in [6, 6.07) is -0.197. The first-order chi connectivity index (χ1) is 9.47. The molecule has 2 fully saturated rings. The van der Waals surface area contributed by atoms with E-state index in [9.17, 15) is 19.8 Å². The van der Waals surface area contributed by atoms with Gasteiger partial charge in [0.25, 0.3) is 0 Å². The summed E-state index contributed by atoms with van der Waals surface area (Å²) in [4.78, 5) is 27.9. The number of nitrogens with zero attached hydrogens (tertiary/aromatic N) is 3. The van der Waals surface area contributed by atoms with Crippen molar-refractivity contribution in [3.63, 3.8) is 0 Å². The fourth-order valence-corrected chi connectivity index (χ4v) is 2.64. The van der Waals surface area contributed by atoms with Crippen molar-refractivity contribution in [3.05, 3.63) is 0 Å². The fraction of sp³-hybridized carbons (Fsp3) is 0.833. The molecule has 0 saturated carbocycles. The monoisotopic (exact) mass is 287 g/mol. The maximum absolute atomic E-state index is 12.3. The van der Waals surface area contributed by atoms with E-state index in [1.807, 2.05) is 4.90 Å². The average molecular weight is 287 g/mol. The highest BCUT2D eigenvalue weighted by molar-refractivity contribution is 5.75. The molecule has 0 aliphatic carbocycles. The highest BCUT2D eigenvalue weighted by atomic mass is 16.4. The minimum atomic E-state index is -0.880. The lowest BCUT2D eigenvalue weighted by molar-refractivity contribution is -0.138. The van der Waals surface area contributed by atoms with Gasteiger partial charge in [-0.3, -0.25) is 9.69 Å². The number of carbonyl (C=O) groups is 2. The maximum Gasteiger partial charge on any atom is 0.320 e. The molecular formula is C12H21N3O5. The summed E-state index contributed by atoms with van der Waals surface area (Å²) >= 11 is 0. The van der Waals surface area contributed by atoms with Crippen molar-refractivity contribution >= 4 is 12.0 Å². The van der Waals surface area contributed by atoms with Gasteiger partial charge in [-0.05, 0) is 6.42 Å². The molecule has 0 spiro atoms. The van der Waals surface area contributed by atoms with Crippen LogP contribution in [0.5, 0.6) is 0 Å². The zero-order valence-corrected chi connectivity index (χ0v) is 11.3. The predicted molar refractivity (Wildman–Crippen MR) is 69.2 cm³/mol. The van der Waals surface area contributed by atoms with Gasteiger partial charge in [-0.2, -0.15) is 0 Å². The predicted octanol–water partition coefficient (Wildman–Crippen LogP) is -1.76. The molecule has 114 valence electrons. The first kappa shape index (κ1) is 15.0. The molecule has 0 aromatic rings. The smallest absolute Gasteiger partial charge is 0.320 e. The second kappa shape index (κ2) is 6.38. The molecule has 0 bridgehead atoms. The molecule has 2 atom stereocenters. The highest BCUT2D eigenvalue weighted by Gasteiger charge is 2.35. The Bertz CT molecular complexity index is 368. The van der Waals surface area contributed by atoms with Gasteiger partial charge in [-0.1, -0.05) is 0 Å². The summed E-state index contributed by atoms with van der Waals surface area (Å²) in [6.07, 6.45) is -1.04. The zero-order valence-electron chi connectivity index (χ0n) is 11.3. The van der Waals surface area contributed by atoms with E-state index >= 15 is 0 Å². The number of hydrogen-bond donors (Lipinski definition) is 3. The standard InChI is InChI=1S/C12H21N3O5/c16-9-6-15(7-10(9)17)12(20)14-3-1-2-13(4-5-14)8-11(18)19/h9-10,16-17H,1-8H2,(H,18,19). The van der Waals surface area contributed by atoms with Crippen LogP contribution in [0, 0.1) is 0 Å². The molecule has 2 unspecified atom stereocenters. The largest absolute Gasteiger partial charge is 0.480 e. The Balaban J connectivity index is 1.87. The van der Waals surface area contributed by atoms with Crippen LogP contribution in [0.25, 0.3) is 0 Å². The normalized spacial score (nSPS) is 28.5. The van der Waals surface area contributed by atoms with Crippen molar-refractivity contribution in [1.82, 2.24) is 14.7 Å². The number of rotatable bonds is 2. The van der Waals surface area contributed by atoms with Gasteiger partial charge in [-0.15, -0.1) is 0 Å². The molecule has 0 aromatic heterocycles. The van der Waals surface area contributed by atoms with Crippen LogP contribution in [0.1, 0.15) is 6.42 Å². The summed E-state index contributed by atoms with van der Waals surface area (Å²) in [7, 11) is 0. The molecule has 2 aliphatic heterocycles. The summed E-state index contributed by atoms with van der Waals surface area (Å²) in [5.41, 5.74) is 0. The Morgan fingerprint density at radius 2 is 1.60 bits per heavy atom. The third-order valence-corrected chi connectivity index (χ3v) is 3.75. The molecule has 3 N–H and O–H groups in total. The van der Waals surface area contributed by atoms with Crippen molar-refractivity contribution < 1.29 is 24.9 Å². The van der Waals surface area contributed by atoms with Crippen LogP contribution in [-0.4, -0.2) is 100 Å². The van der Waals surface area contributed by atoms with Crippen LogP contribution in [0.3, 0.4) is 0 Å². The van der Waals surface area contributed by atoms with Gasteiger partial charge < -0.3 is 25.1 Å². The van der Waals surface area contributed by atoms with E-state index in [0.29, 0.717) is 26.2 Å². The third kappa shape index (κ3) is 3.59. The number of aliphatic hydroxyl groups is 2. The molecule has 0 radical (unpaired) electrons. The number of carbonyl (C=O) groups excluding carboxylic acids is 1. The van der Waals surface area contributed by atoms with Crippen LogP contribution >= 0.6 is 0 Å². The Labute approximate surface area is 117 Å². The molecule has 20 heavy (non-hydrogen) atoms. The number of hydrogen-bond acceptors (Lipinski definition) is 5. The van der Waals surface area contributed by atoms with E-state index in [4.69, 9.17) is 5.11 Å². The van der Waals surface area contributed by atoms with Gasteiger partial charge in [0.15, 0.2) is 0 Å². The van der Waals surface area contributed by atoms with E-state index in [0.717, 1.165) is 6.42 Å². The highest BCUT2D eigenvalue weighted by Crippen LogP contribution is 2.14. The van der Waals surface area contributed by atoms with Gasteiger partial charge >= 0.3 is 12.0 Å². The molecular weight excluding hydrogens is 266 g/mol. The lowest BCUT2D eigenvalue weighted by Gasteiger charge is -2.26. The van der Waals surface area contributed by atoms with Crippen LogP contribution < -0.4 is 0 Å². The number of likely N-dealkylation sites (tertiary alicyclic amines) is 1. The molecule has 2 heterocycles. The topological polar surface area (TPSA) is 105 Å². The fourth-order valence-electron chi connectivity index (χ4n) is 2.64. The lowest BCUT2D eigenvalue weighted by Crippen LogP contribution is -2.44.